The molecule has 4 amide bonds. The minimum absolute atomic E-state index is 0.0852. The second-order valence-corrected chi connectivity index (χ2v) is 18.3. The van der Waals surface area contributed by atoms with Gasteiger partial charge in [-0.05, 0) is 75.6 Å². The molecule has 0 spiro atoms. The molecule has 0 unspecified atom stereocenters. The van der Waals surface area contributed by atoms with Crippen molar-refractivity contribution in [3.63, 3.8) is 0 Å². The second-order valence-electron chi connectivity index (χ2n) is 16.8. The zero-order valence-electron chi connectivity index (χ0n) is 38.0. The van der Waals surface area contributed by atoms with Gasteiger partial charge in [0.05, 0.1) is 17.7 Å². The van der Waals surface area contributed by atoms with Crippen LogP contribution in [-0.4, -0.2) is 95.5 Å². The molecule has 1 aromatic carbocycles. The summed E-state index contributed by atoms with van der Waals surface area (Å²) in [5.74, 6) is -7.24. The van der Waals surface area contributed by atoms with Crippen molar-refractivity contribution in [1.82, 2.24) is 16.0 Å². The van der Waals surface area contributed by atoms with Gasteiger partial charge in [0.15, 0.2) is 5.78 Å². The first-order valence-corrected chi connectivity index (χ1v) is 25.1. The highest BCUT2D eigenvalue weighted by atomic mass is 32.2. The molecule has 0 aliphatic rings. The lowest BCUT2D eigenvalue weighted by Crippen LogP contribution is -2.45. The number of nitrogens with one attached hydrogen (secondary N) is 4. The number of primary amides is 1. The van der Waals surface area contributed by atoms with Gasteiger partial charge in [0, 0.05) is 50.0 Å². The fourth-order valence-corrected chi connectivity index (χ4v) is 7.76. The van der Waals surface area contributed by atoms with Gasteiger partial charge in [-0.2, -0.15) is 8.42 Å². The fourth-order valence-electron chi connectivity index (χ4n) is 7.23. The number of benzene rings is 1. The number of rotatable bonds is 41. The first kappa shape index (κ1) is 57.4. The van der Waals surface area contributed by atoms with Crippen LogP contribution in [0.2, 0.25) is 0 Å². The van der Waals surface area contributed by atoms with Crippen molar-refractivity contribution < 1.29 is 56.7 Å². The highest BCUT2D eigenvalue weighted by Crippen LogP contribution is 2.18. The van der Waals surface area contributed by atoms with Crippen LogP contribution in [0.1, 0.15) is 184 Å². The molecule has 18 heteroatoms. The van der Waals surface area contributed by atoms with Crippen molar-refractivity contribution >= 4 is 57.2 Å². The van der Waals surface area contributed by atoms with Crippen LogP contribution in [0.3, 0.4) is 0 Å². The minimum Gasteiger partial charge on any atom is -0.481 e. The Labute approximate surface area is 380 Å². The number of anilines is 1. The predicted molar refractivity (Wildman–Crippen MR) is 246 cm³/mol. The molecule has 0 aromatic heterocycles. The van der Waals surface area contributed by atoms with Crippen molar-refractivity contribution in [2.45, 2.75) is 186 Å². The highest BCUT2D eigenvalue weighted by molar-refractivity contribution is 7.85. The van der Waals surface area contributed by atoms with E-state index in [-0.39, 0.29) is 38.0 Å². The number of carbonyl (C=O) groups is 7. The van der Waals surface area contributed by atoms with Crippen LogP contribution in [0.25, 0.3) is 0 Å². The van der Waals surface area contributed by atoms with E-state index in [9.17, 15) is 51.6 Å². The van der Waals surface area contributed by atoms with Gasteiger partial charge in [0.25, 0.3) is 16.0 Å². The van der Waals surface area contributed by atoms with E-state index < -0.39 is 82.2 Å². The van der Waals surface area contributed by atoms with E-state index in [2.05, 4.69) is 28.2 Å². The van der Waals surface area contributed by atoms with Gasteiger partial charge in [-0.3, -0.25) is 38.1 Å². The van der Waals surface area contributed by atoms with E-state index in [0.29, 0.717) is 31.4 Å². The van der Waals surface area contributed by atoms with Crippen molar-refractivity contribution in [2.24, 2.45) is 11.7 Å². The Hall–Kier alpha value is -4.58. The number of aliphatic carboxylic acids is 2. The number of carboxylic acid groups (broad SMARTS) is 2. The Morgan fingerprint density at radius 3 is 1.59 bits per heavy atom. The van der Waals surface area contributed by atoms with E-state index in [0.717, 1.165) is 76.4 Å². The van der Waals surface area contributed by atoms with Crippen LogP contribution >= 0.6 is 0 Å². The van der Waals surface area contributed by atoms with E-state index in [1.54, 1.807) is 12.1 Å². The van der Waals surface area contributed by atoms with Gasteiger partial charge in [-0.25, -0.2) is 0 Å². The summed E-state index contributed by atoms with van der Waals surface area (Å²) in [5, 5.41) is 29.6. The third-order valence-corrected chi connectivity index (χ3v) is 11.8. The van der Waals surface area contributed by atoms with Gasteiger partial charge in [0.1, 0.15) is 6.04 Å². The SMILES string of the molecule is CCCNc1ccc(C(=O)NCCCC[C@H](NC(=O)CC[C@H](CC(=O)[C@H](CCS(=O)(=O)O)NC(=O)CCCCCCCCCCCCCCCCCCC(=O)O)C(=O)O)C(N)=O)cc1. The summed E-state index contributed by atoms with van der Waals surface area (Å²) in [4.78, 5) is 86.0. The van der Waals surface area contributed by atoms with Gasteiger partial charge in [0.2, 0.25) is 17.7 Å². The molecule has 3 atom stereocenters. The smallest absolute Gasteiger partial charge is 0.306 e. The quantitative estimate of drug-likeness (QED) is 0.0251. The third kappa shape index (κ3) is 30.5. The molecule has 0 bridgehead atoms. The topological polar surface area (TPSA) is 288 Å². The lowest BCUT2D eigenvalue weighted by molar-refractivity contribution is -0.144. The second kappa shape index (κ2) is 34.8. The lowest BCUT2D eigenvalue weighted by Gasteiger charge is -2.20. The van der Waals surface area contributed by atoms with Crippen LogP contribution in [0.15, 0.2) is 24.3 Å². The van der Waals surface area contributed by atoms with Gasteiger partial charge >= 0.3 is 11.9 Å². The predicted octanol–water partition coefficient (Wildman–Crippen LogP) is 6.69. The summed E-state index contributed by atoms with van der Waals surface area (Å²) in [5.41, 5.74) is 6.91. The van der Waals surface area contributed by atoms with E-state index in [1.165, 1.54) is 38.5 Å². The monoisotopic (exact) mass is 924 g/mol. The molecule has 1 aromatic rings. The summed E-state index contributed by atoms with van der Waals surface area (Å²) in [6.07, 6.45) is 17.5. The Kier molecular flexibility index (Phi) is 31.2. The average Bonchev–Trinajstić information content (AvgIpc) is 3.24. The Bertz CT molecular complexity index is 1660. The molecule has 0 aliphatic carbocycles. The van der Waals surface area contributed by atoms with Crippen LogP contribution < -0.4 is 27.0 Å². The molecule has 9 N–H and O–H groups in total. The van der Waals surface area contributed by atoms with Crippen molar-refractivity contribution in [2.75, 3.05) is 24.2 Å². The largest absolute Gasteiger partial charge is 0.481 e. The Morgan fingerprint density at radius 1 is 0.609 bits per heavy atom. The molecular formula is C46H77N5O12S. The van der Waals surface area contributed by atoms with E-state index in [1.807, 2.05) is 12.1 Å². The summed E-state index contributed by atoms with van der Waals surface area (Å²) in [6.45, 7) is 3.20. The zero-order valence-corrected chi connectivity index (χ0v) is 38.9. The van der Waals surface area contributed by atoms with Crippen LogP contribution in [0.5, 0.6) is 0 Å². The Morgan fingerprint density at radius 2 is 1.11 bits per heavy atom. The molecule has 0 saturated carbocycles. The number of hydrogen-bond acceptors (Lipinski definition) is 10. The van der Waals surface area contributed by atoms with Gasteiger partial charge in [-0.15, -0.1) is 0 Å². The maximum absolute atomic E-state index is 13.3. The molecule has 1 rings (SSSR count). The Balaban J connectivity index is 2.42. The minimum atomic E-state index is -4.50. The van der Waals surface area contributed by atoms with E-state index >= 15 is 0 Å². The van der Waals surface area contributed by atoms with Gasteiger partial charge in [-0.1, -0.05) is 96.8 Å². The molecule has 0 heterocycles. The first-order chi connectivity index (χ1) is 30.5. The fraction of sp³-hybridized carbons (Fsp3) is 0.717. The maximum Gasteiger partial charge on any atom is 0.306 e. The van der Waals surface area contributed by atoms with Crippen LogP contribution in [0, 0.1) is 5.92 Å². The van der Waals surface area contributed by atoms with E-state index in [4.69, 9.17) is 10.8 Å². The molecular weight excluding hydrogens is 847 g/mol. The normalized spacial score (nSPS) is 12.7. The number of hydrogen-bond donors (Lipinski definition) is 8. The summed E-state index contributed by atoms with van der Waals surface area (Å²) >= 11 is 0. The number of Topliss-reactive ketones (excluding diaryl/α,β-unsaturated/α-hetero) is 1. The first-order valence-electron chi connectivity index (χ1n) is 23.4. The number of nitrogens with two attached hydrogens (primary N) is 1. The van der Waals surface area contributed by atoms with Crippen molar-refractivity contribution in [3.8, 4) is 0 Å². The van der Waals surface area contributed by atoms with Gasteiger partial charge < -0.3 is 37.2 Å². The van der Waals surface area contributed by atoms with Crippen LogP contribution in [0.4, 0.5) is 5.69 Å². The molecule has 64 heavy (non-hydrogen) atoms. The average molecular weight is 924 g/mol. The molecule has 0 saturated heterocycles. The zero-order chi connectivity index (χ0) is 47.6. The van der Waals surface area contributed by atoms with Crippen molar-refractivity contribution in [3.05, 3.63) is 29.8 Å². The number of carbonyl (C=O) groups excluding carboxylic acids is 5. The molecule has 0 aliphatic heterocycles. The lowest BCUT2D eigenvalue weighted by atomic mass is 9.93. The standard InChI is InChI=1S/C46H77N5O12S/c1-2-31-48-37-27-24-35(25-28-37)45(58)49-32-20-19-21-39(44(47)57)51-42(54)29-26-36(46(59)60)34-40(52)38(30-33-64(61,62)63)50-41(53)22-17-15-13-11-9-7-5-3-4-6-8-10-12-14-16-18-23-43(55)56/h24-25,27-28,36,38-39,48H,2-23,26,29-34H2,1H3,(H2,47,57)(H,49,58)(H,50,53)(H,51,54)(H,55,56)(H,59,60)(H,61,62,63)/t36-,38+,39+/m1/s1. The highest BCUT2D eigenvalue weighted by Gasteiger charge is 2.29. The summed E-state index contributed by atoms with van der Waals surface area (Å²) in [7, 11) is -4.50. The molecule has 17 nitrogen and oxygen atoms in total. The number of carboxylic acids is 2. The number of unbranched alkanes of at least 4 members (excludes halogenated alkanes) is 16. The molecule has 364 valence electrons. The third-order valence-electron chi connectivity index (χ3n) is 11.1. The number of ketones is 1. The summed E-state index contributed by atoms with van der Waals surface area (Å²) < 4.78 is 32.3. The summed E-state index contributed by atoms with van der Waals surface area (Å²) in [6, 6.07) is 4.67. The molecule has 0 fully saturated rings. The van der Waals surface area contributed by atoms with Crippen LogP contribution in [-0.2, 0) is 38.9 Å². The number of amides is 4. The maximum atomic E-state index is 13.3. The molecule has 0 radical (unpaired) electrons. The van der Waals surface area contributed by atoms with Crippen molar-refractivity contribution in [1.29, 1.82) is 0 Å².